The number of nitrogens with zero attached hydrogens (tertiary/aromatic N) is 2. The van der Waals surface area contributed by atoms with E-state index in [1.807, 2.05) is 0 Å². The smallest absolute Gasteiger partial charge is 0.0110 e. The van der Waals surface area contributed by atoms with Crippen LogP contribution < -0.4 is 0 Å². The van der Waals surface area contributed by atoms with E-state index in [0.717, 1.165) is 18.0 Å². The molecule has 2 nitrogen and oxygen atoms in total. The monoisotopic (exact) mass is 196 g/mol. The van der Waals surface area contributed by atoms with Crippen molar-refractivity contribution in [2.24, 2.45) is 5.92 Å². The number of fused-ring (bicyclic) bond motifs is 2. The standard InChI is InChI=1S/C12H24N2/c1-10-8-11-4-6-13(2)7-5-12(9-10)14(11)3/h10-12H,4-9H2,1-3H3. The van der Waals surface area contributed by atoms with Crippen LogP contribution in [0.2, 0.25) is 0 Å². The molecule has 2 rings (SSSR count). The Morgan fingerprint density at radius 2 is 1.43 bits per heavy atom. The molecule has 0 amide bonds. The Kier molecular flexibility index (Phi) is 3.13. The molecule has 82 valence electrons. The average Bonchev–Trinajstić information content (AvgIpc) is 2.16. The molecule has 0 aromatic carbocycles. The van der Waals surface area contributed by atoms with E-state index in [0.29, 0.717) is 0 Å². The fraction of sp³-hybridized carbons (Fsp3) is 1.00. The van der Waals surface area contributed by atoms with E-state index in [1.54, 1.807) is 0 Å². The van der Waals surface area contributed by atoms with Gasteiger partial charge in [-0.25, -0.2) is 0 Å². The molecular formula is C12H24N2. The van der Waals surface area contributed by atoms with Crippen LogP contribution in [0.5, 0.6) is 0 Å². The van der Waals surface area contributed by atoms with Crippen molar-refractivity contribution in [2.45, 2.75) is 44.7 Å². The summed E-state index contributed by atoms with van der Waals surface area (Å²) in [6, 6.07) is 1.71. The third kappa shape index (κ3) is 2.12. The molecule has 2 atom stereocenters. The normalized spacial score (nSPS) is 41.8. The summed E-state index contributed by atoms with van der Waals surface area (Å²) in [5, 5.41) is 0. The Morgan fingerprint density at radius 3 is 1.93 bits per heavy atom. The van der Waals surface area contributed by atoms with Gasteiger partial charge in [0.25, 0.3) is 0 Å². The lowest BCUT2D eigenvalue weighted by Gasteiger charge is -2.45. The second-order valence-electron chi connectivity index (χ2n) is 5.43. The van der Waals surface area contributed by atoms with Gasteiger partial charge in [0, 0.05) is 12.1 Å². The number of piperidine rings is 1. The van der Waals surface area contributed by atoms with Gasteiger partial charge in [0.05, 0.1) is 0 Å². The number of hydrogen-bond acceptors (Lipinski definition) is 2. The van der Waals surface area contributed by atoms with Gasteiger partial charge in [0.15, 0.2) is 0 Å². The van der Waals surface area contributed by atoms with Gasteiger partial charge in [-0.2, -0.15) is 0 Å². The lowest BCUT2D eigenvalue weighted by atomic mass is 9.84. The molecule has 2 heteroatoms. The van der Waals surface area contributed by atoms with E-state index < -0.39 is 0 Å². The van der Waals surface area contributed by atoms with E-state index in [4.69, 9.17) is 0 Å². The first-order chi connectivity index (χ1) is 6.66. The zero-order valence-electron chi connectivity index (χ0n) is 9.87. The van der Waals surface area contributed by atoms with Crippen molar-refractivity contribution in [2.75, 3.05) is 27.2 Å². The first-order valence-corrected chi connectivity index (χ1v) is 6.07. The summed E-state index contributed by atoms with van der Waals surface area (Å²) in [5.41, 5.74) is 0. The minimum absolute atomic E-state index is 0.853. The maximum absolute atomic E-state index is 2.66. The van der Waals surface area contributed by atoms with E-state index in [9.17, 15) is 0 Å². The van der Waals surface area contributed by atoms with Gasteiger partial charge in [-0.3, -0.25) is 0 Å². The second kappa shape index (κ2) is 4.19. The van der Waals surface area contributed by atoms with Gasteiger partial charge in [-0.05, 0) is 58.8 Å². The summed E-state index contributed by atoms with van der Waals surface area (Å²) < 4.78 is 0. The highest BCUT2D eigenvalue weighted by Gasteiger charge is 2.32. The first kappa shape index (κ1) is 10.4. The fourth-order valence-corrected chi connectivity index (χ4v) is 3.15. The summed E-state index contributed by atoms with van der Waals surface area (Å²) in [5.74, 6) is 0.949. The molecule has 2 unspecified atom stereocenters. The Balaban J connectivity index is 2.04. The average molecular weight is 196 g/mol. The van der Waals surface area contributed by atoms with Crippen LogP contribution in [-0.4, -0.2) is 49.1 Å². The van der Waals surface area contributed by atoms with Crippen molar-refractivity contribution >= 4 is 0 Å². The molecule has 0 radical (unpaired) electrons. The third-order valence-electron chi connectivity index (χ3n) is 4.19. The van der Waals surface area contributed by atoms with Crippen molar-refractivity contribution < 1.29 is 0 Å². The zero-order valence-corrected chi connectivity index (χ0v) is 9.87. The van der Waals surface area contributed by atoms with Crippen LogP contribution in [0.3, 0.4) is 0 Å². The van der Waals surface area contributed by atoms with E-state index >= 15 is 0 Å². The highest BCUT2D eigenvalue weighted by molar-refractivity contribution is 4.87. The predicted molar refractivity (Wildman–Crippen MR) is 60.5 cm³/mol. The van der Waals surface area contributed by atoms with Gasteiger partial charge in [0.2, 0.25) is 0 Å². The molecule has 2 aliphatic heterocycles. The maximum atomic E-state index is 2.66. The third-order valence-corrected chi connectivity index (χ3v) is 4.19. The van der Waals surface area contributed by atoms with Crippen molar-refractivity contribution in [1.29, 1.82) is 0 Å². The minimum Gasteiger partial charge on any atom is -0.306 e. The number of hydrogen-bond donors (Lipinski definition) is 0. The molecular weight excluding hydrogens is 172 g/mol. The lowest BCUT2D eigenvalue weighted by Crippen LogP contribution is -2.50. The zero-order chi connectivity index (χ0) is 10.1. The molecule has 0 aliphatic carbocycles. The Morgan fingerprint density at radius 1 is 0.929 bits per heavy atom. The van der Waals surface area contributed by atoms with E-state index in [1.165, 1.54) is 38.8 Å². The summed E-state index contributed by atoms with van der Waals surface area (Å²) in [7, 11) is 4.61. The molecule has 2 heterocycles. The minimum atomic E-state index is 0.853. The molecule has 0 aromatic heterocycles. The molecule has 2 fully saturated rings. The second-order valence-corrected chi connectivity index (χ2v) is 5.43. The quantitative estimate of drug-likeness (QED) is 0.583. The van der Waals surface area contributed by atoms with Crippen LogP contribution in [0.1, 0.15) is 32.6 Å². The molecule has 0 N–H and O–H groups in total. The molecule has 2 aliphatic rings. The Bertz CT molecular complexity index is 175. The largest absolute Gasteiger partial charge is 0.306 e. The van der Waals surface area contributed by atoms with Crippen LogP contribution in [0.25, 0.3) is 0 Å². The van der Waals surface area contributed by atoms with Gasteiger partial charge in [-0.1, -0.05) is 6.92 Å². The molecule has 2 saturated heterocycles. The molecule has 0 saturated carbocycles. The van der Waals surface area contributed by atoms with Gasteiger partial charge < -0.3 is 9.80 Å². The fourth-order valence-electron chi connectivity index (χ4n) is 3.15. The highest BCUT2D eigenvalue weighted by Crippen LogP contribution is 2.30. The molecule has 0 spiro atoms. The van der Waals surface area contributed by atoms with Crippen molar-refractivity contribution in [3.63, 3.8) is 0 Å². The lowest BCUT2D eigenvalue weighted by molar-refractivity contribution is 0.0465. The summed E-state index contributed by atoms with van der Waals surface area (Å²) in [4.78, 5) is 5.16. The van der Waals surface area contributed by atoms with Crippen LogP contribution in [0.4, 0.5) is 0 Å². The maximum Gasteiger partial charge on any atom is 0.0110 e. The highest BCUT2D eigenvalue weighted by atomic mass is 15.2. The van der Waals surface area contributed by atoms with Crippen molar-refractivity contribution in [3.05, 3.63) is 0 Å². The summed E-state index contributed by atoms with van der Waals surface area (Å²) in [6.45, 7) is 5.00. The van der Waals surface area contributed by atoms with Gasteiger partial charge in [-0.15, -0.1) is 0 Å². The first-order valence-electron chi connectivity index (χ1n) is 6.07. The van der Waals surface area contributed by atoms with Crippen LogP contribution in [0.15, 0.2) is 0 Å². The van der Waals surface area contributed by atoms with E-state index in [-0.39, 0.29) is 0 Å². The van der Waals surface area contributed by atoms with Crippen molar-refractivity contribution in [3.8, 4) is 0 Å². The van der Waals surface area contributed by atoms with Crippen LogP contribution in [0, 0.1) is 5.92 Å². The predicted octanol–water partition coefficient (Wildman–Crippen LogP) is 1.81. The Labute approximate surface area is 88.3 Å². The van der Waals surface area contributed by atoms with Gasteiger partial charge in [0.1, 0.15) is 0 Å². The molecule has 14 heavy (non-hydrogen) atoms. The molecule has 2 bridgehead atoms. The van der Waals surface area contributed by atoms with E-state index in [2.05, 4.69) is 30.8 Å². The number of rotatable bonds is 0. The Hall–Kier alpha value is -0.0800. The topological polar surface area (TPSA) is 6.48 Å². The van der Waals surface area contributed by atoms with Crippen LogP contribution >= 0.6 is 0 Å². The van der Waals surface area contributed by atoms with Crippen LogP contribution in [-0.2, 0) is 0 Å². The molecule has 0 aromatic rings. The summed E-state index contributed by atoms with van der Waals surface area (Å²) >= 11 is 0. The van der Waals surface area contributed by atoms with Crippen molar-refractivity contribution in [1.82, 2.24) is 9.80 Å². The van der Waals surface area contributed by atoms with Gasteiger partial charge >= 0.3 is 0 Å². The summed E-state index contributed by atoms with van der Waals surface area (Å²) in [6.07, 6.45) is 5.57. The SMILES string of the molecule is CC1CC2CCN(C)CCC(C1)N2C.